The molecule has 1 N–H and O–H groups in total. The van der Waals surface area contributed by atoms with Gasteiger partial charge >= 0.3 is 0 Å². The second-order valence-corrected chi connectivity index (χ2v) is 8.25. The summed E-state index contributed by atoms with van der Waals surface area (Å²) >= 11 is 6.12. The van der Waals surface area contributed by atoms with Gasteiger partial charge in [-0.05, 0) is 43.4 Å². The summed E-state index contributed by atoms with van der Waals surface area (Å²) in [5.41, 5.74) is 1.24. The molecule has 154 valence electrons. The van der Waals surface area contributed by atoms with Gasteiger partial charge in [-0.25, -0.2) is 0 Å². The van der Waals surface area contributed by atoms with E-state index in [0.29, 0.717) is 30.2 Å². The molecule has 4 rings (SSSR count). The van der Waals surface area contributed by atoms with E-state index in [4.69, 9.17) is 20.8 Å². The summed E-state index contributed by atoms with van der Waals surface area (Å²) in [6.07, 6.45) is 6.81. The van der Waals surface area contributed by atoms with Crippen LogP contribution in [0.4, 0.5) is 0 Å². The van der Waals surface area contributed by atoms with Crippen molar-refractivity contribution in [1.29, 1.82) is 0 Å². The van der Waals surface area contributed by atoms with Crippen LogP contribution in [-0.4, -0.2) is 48.1 Å². The molecule has 0 aliphatic carbocycles. The number of rotatable bonds is 5. The van der Waals surface area contributed by atoms with Crippen molar-refractivity contribution in [1.82, 2.24) is 10.2 Å². The van der Waals surface area contributed by atoms with Crippen LogP contribution in [0, 0.1) is 0 Å². The lowest BCUT2D eigenvalue weighted by molar-refractivity contribution is -0.122. The molecule has 1 atom stereocenters. The molecule has 0 saturated carbocycles. The first-order valence-electron chi connectivity index (χ1n) is 10.0. The van der Waals surface area contributed by atoms with Crippen LogP contribution in [0.25, 0.3) is 0 Å². The number of ether oxygens (including phenoxy) is 1. The standard InChI is InChI=1S/C22H25ClN2O4/c23-19-4-2-1-3-16(19)13-20(26)24-14-18-5-7-22(29-18)8-10-25(11-9-22)21(27)17-6-12-28-15-17/h1-4,6,12,15,18H,5,7-11,13-14H2,(H,24,26)/t18-/m0/s1. The summed E-state index contributed by atoms with van der Waals surface area (Å²) < 4.78 is 11.3. The third-order valence-electron chi connectivity index (χ3n) is 5.90. The summed E-state index contributed by atoms with van der Waals surface area (Å²) in [6.45, 7) is 1.86. The fourth-order valence-electron chi connectivity index (χ4n) is 4.20. The molecule has 1 aromatic heterocycles. The molecule has 7 heteroatoms. The van der Waals surface area contributed by atoms with E-state index in [-0.39, 0.29) is 29.9 Å². The van der Waals surface area contributed by atoms with Crippen molar-refractivity contribution >= 4 is 23.4 Å². The van der Waals surface area contributed by atoms with Crippen molar-refractivity contribution in [2.45, 2.75) is 43.8 Å². The van der Waals surface area contributed by atoms with Gasteiger partial charge in [-0.1, -0.05) is 29.8 Å². The highest BCUT2D eigenvalue weighted by Gasteiger charge is 2.43. The first-order valence-corrected chi connectivity index (χ1v) is 10.4. The maximum Gasteiger partial charge on any atom is 0.257 e. The lowest BCUT2D eigenvalue weighted by atomic mass is 9.88. The van der Waals surface area contributed by atoms with Crippen molar-refractivity contribution in [3.8, 4) is 0 Å². The zero-order chi connectivity index (χ0) is 20.3. The Bertz CT molecular complexity index is 859. The number of benzene rings is 1. The predicted octanol–water partition coefficient (Wildman–Crippen LogP) is 3.45. The number of carbonyl (C=O) groups is 2. The van der Waals surface area contributed by atoms with Gasteiger partial charge in [0.15, 0.2) is 0 Å². The monoisotopic (exact) mass is 416 g/mol. The van der Waals surface area contributed by atoms with Crippen molar-refractivity contribution < 1.29 is 18.7 Å². The van der Waals surface area contributed by atoms with Crippen molar-refractivity contribution in [3.05, 3.63) is 59.0 Å². The molecule has 0 unspecified atom stereocenters. The largest absolute Gasteiger partial charge is 0.472 e. The Hall–Kier alpha value is -2.31. The summed E-state index contributed by atoms with van der Waals surface area (Å²) in [5, 5.41) is 3.58. The number of hydrogen-bond donors (Lipinski definition) is 1. The molecule has 0 bridgehead atoms. The van der Waals surface area contributed by atoms with Crippen LogP contribution in [-0.2, 0) is 16.0 Å². The number of likely N-dealkylation sites (tertiary alicyclic amines) is 1. The lowest BCUT2D eigenvalue weighted by Gasteiger charge is -2.39. The molecule has 0 radical (unpaired) electrons. The van der Waals surface area contributed by atoms with Gasteiger partial charge in [0, 0.05) is 24.7 Å². The average molecular weight is 417 g/mol. The van der Waals surface area contributed by atoms with E-state index in [2.05, 4.69) is 5.32 Å². The van der Waals surface area contributed by atoms with Crippen LogP contribution in [0.5, 0.6) is 0 Å². The Morgan fingerprint density at radius 3 is 2.69 bits per heavy atom. The van der Waals surface area contributed by atoms with Gasteiger partial charge in [-0.2, -0.15) is 0 Å². The maximum absolute atomic E-state index is 12.4. The van der Waals surface area contributed by atoms with Crippen LogP contribution < -0.4 is 5.32 Å². The van der Waals surface area contributed by atoms with E-state index in [1.807, 2.05) is 23.1 Å². The van der Waals surface area contributed by atoms with Crippen LogP contribution in [0.15, 0.2) is 47.3 Å². The van der Waals surface area contributed by atoms with Gasteiger partial charge in [0.2, 0.25) is 5.91 Å². The summed E-state index contributed by atoms with van der Waals surface area (Å²) in [4.78, 5) is 26.5. The first-order chi connectivity index (χ1) is 14.0. The highest BCUT2D eigenvalue weighted by atomic mass is 35.5. The third-order valence-corrected chi connectivity index (χ3v) is 6.27. The van der Waals surface area contributed by atoms with E-state index in [0.717, 1.165) is 31.2 Å². The van der Waals surface area contributed by atoms with E-state index >= 15 is 0 Å². The smallest absolute Gasteiger partial charge is 0.257 e. The van der Waals surface area contributed by atoms with Gasteiger partial charge in [0.05, 0.1) is 30.0 Å². The number of nitrogens with one attached hydrogen (secondary N) is 1. The molecule has 2 saturated heterocycles. The Morgan fingerprint density at radius 2 is 1.97 bits per heavy atom. The van der Waals surface area contributed by atoms with Gasteiger partial charge < -0.3 is 19.4 Å². The SMILES string of the molecule is O=C(Cc1ccccc1Cl)NC[C@@H]1CCC2(CCN(C(=O)c3ccoc3)CC2)O1. The fraction of sp³-hybridized carbons (Fsp3) is 0.455. The molecule has 2 amide bonds. The average Bonchev–Trinajstić information content (AvgIpc) is 3.39. The molecule has 29 heavy (non-hydrogen) atoms. The van der Waals surface area contributed by atoms with Gasteiger partial charge in [0.25, 0.3) is 5.91 Å². The first kappa shape index (κ1) is 20.0. The van der Waals surface area contributed by atoms with Crippen LogP contribution >= 0.6 is 11.6 Å². The second kappa shape index (κ2) is 8.59. The molecule has 2 aliphatic rings. The minimum Gasteiger partial charge on any atom is -0.472 e. The Labute approximate surface area is 175 Å². The Balaban J connectivity index is 1.23. The van der Waals surface area contributed by atoms with E-state index in [1.54, 1.807) is 12.1 Å². The van der Waals surface area contributed by atoms with Crippen molar-refractivity contribution in [2.24, 2.45) is 0 Å². The van der Waals surface area contributed by atoms with E-state index in [1.165, 1.54) is 12.5 Å². The van der Waals surface area contributed by atoms with Crippen molar-refractivity contribution in [2.75, 3.05) is 19.6 Å². The summed E-state index contributed by atoms with van der Waals surface area (Å²) in [7, 11) is 0. The van der Waals surface area contributed by atoms with Gasteiger partial charge in [-0.15, -0.1) is 0 Å². The molecule has 2 aliphatic heterocycles. The number of nitrogens with zero attached hydrogens (tertiary/aromatic N) is 1. The molecule has 2 fully saturated rings. The van der Waals surface area contributed by atoms with Gasteiger partial charge in [0.1, 0.15) is 6.26 Å². The van der Waals surface area contributed by atoms with Crippen molar-refractivity contribution in [3.63, 3.8) is 0 Å². The molecular weight excluding hydrogens is 392 g/mol. The topological polar surface area (TPSA) is 71.8 Å². The summed E-state index contributed by atoms with van der Waals surface area (Å²) in [6, 6.07) is 9.07. The predicted molar refractivity (Wildman–Crippen MR) is 109 cm³/mol. The summed E-state index contributed by atoms with van der Waals surface area (Å²) in [5.74, 6) is -0.0434. The molecular formula is C22H25ClN2O4. The lowest BCUT2D eigenvalue weighted by Crippen LogP contribution is -2.47. The molecule has 1 spiro atoms. The normalized spacial score (nSPS) is 20.7. The van der Waals surface area contributed by atoms with Crippen LogP contribution in [0.2, 0.25) is 5.02 Å². The molecule has 2 aromatic rings. The number of amides is 2. The minimum absolute atomic E-state index is 0.00924. The molecule has 1 aromatic carbocycles. The quantitative estimate of drug-likeness (QED) is 0.810. The maximum atomic E-state index is 12.4. The Kier molecular flexibility index (Phi) is 5.92. The highest BCUT2D eigenvalue weighted by Crippen LogP contribution is 2.39. The number of hydrogen-bond acceptors (Lipinski definition) is 4. The highest BCUT2D eigenvalue weighted by molar-refractivity contribution is 6.31. The third kappa shape index (κ3) is 4.65. The van der Waals surface area contributed by atoms with Crippen LogP contribution in [0.1, 0.15) is 41.6 Å². The molecule has 3 heterocycles. The minimum atomic E-state index is -0.175. The number of furan rings is 1. The fourth-order valence-corrected chi connectivity index (χ4v) is 4.40. The number of carbonyl (C=O) groups excluding carboxylic acids is 2. The Morgan fingerprint density at radius 1 is 1.17 bits per heavy atom. The van der Waals surface area contributed by atoms with E-state index < -0.39 is 0 Å². The zero-order valence-corrected chi connectivity index (χ0v) is 17.0. The number of piperidine rings is 1. The zero-order valence-electron chi connectivity index (χ0n) is 16.2. The molecule has 6 nitrogen and oxygen atoms in total. The number of halogens is 1. The second-order valence-electron chi connectivity index (χ2n) is 7.84. The van der Waals surface area contributed by atoms with Crippen LogP contribution in [0.3, 0.4) is 0 Å². The van der Waals surface area contributed by atoms with Gasteiger partial charge in [-0.3, -0.25) is 9.59 Å². The van der Waals surface area contributed by atoms with E-state index in [9.17, 15) is 9.59 Å².